The van der Waals surface area contributed by atoms with Crippen molar-refractivity contribution in [2.24, 2.45) is 17.6 Å². The van der Waals surface area contributed by atoms with Crippen LogP contribution >= 0.6 is 0 Å². The Labute approximate surface area is 153 Å². The molecule has 11 nitrogen and oxygen atoms in total. The van der Waals surface area contributed by atoms with E-state index in [4.69, 9.17) is 5.73 Å². The van der Waals surface area contributed by atoms with Gasteiger partial charge in [-0.3, -0.25) is 29.3 Å². The Balaban J connectivity index is 3.14. The van der Waals surface area contributed by atoms with Crippen LogP contribution in [0.2, 0.25) is 0 Å². The second-order valence-corrected chi connectivity index (χ2v) is 5.54. The third-order valence-corrected chi connectivity index (χ3v) is 3.87. The quantitative estimate of drug-likeness (QED) is 0.269. The van der Waals surface area contributed by atoms with Gasteiger partial charge in [-0.15, -0.1) is 0 Å². The molecule has 1 aromatic rings. The highest BCUT2D eigenvalue weighted by molar-refractivity contribution is 5.99. The molecule has 0 unspecified atom stereocenters. The molecule has 1 rings (SSSR count). The first-order chi connectivity index (χ1) is 12.6. The summed E-state index contributed by atoms with van der Waals surface area (Å²) < 4.78 is 9.08. The van der Waals surface area contributed by atoms with E-state index < -0.39 is 46.6 Å². The molecular weight excluding hydrogens is 362 g/mol. The van der Waals surface area contributed by atoms with Gasteiger partial charge >= 0.3 is 11.9 Å². The lowest BCUT2D eigenvalue weighted by atomic mass is 9.86. The maximum atomic E-state index is 12.4. The van der Waals surface area contributed by atoms with E-state index in [1.807, 2.05) is 0 Å². The van der Waals surface area contributed by atoms with Gasteiger partial charge in [0.2, 0.25) is 5.91 Å². The SMILES string of the molecule is COC(=O)C(C(=O)OC)[C@@H](C)[C@H](NC(=O)c1cccc([N+](=O)[O-])c1)C(N)=O. The van der Waals surface area contributed by atoms with Crippen LogP contribution in [0.3, 0.4) is 0 Å². The van der Waals surface area contributed by atoms with E-state index in [0.29, 0.717) is 0 Å². The summed E-state index contributed by atoms with van der Waals surface area (Å²) in [5.74, 6) is -6.41. The first-order valence-electron chi connectivity index (χ1n) is 7.64. The number of nitro groups is 1. The summed E-state index contributed by atoms with van der Waals surface area (Å²) in [4.78, 5) is 58.1. The molecule has 0 saturated heterocycles. The summed E-state index contributed by atoms with van der Waals surface area (Å²) in [6.07, 6.45) is 0. The Morgan fingerprint density at radius 1 is 1.15 bits per heavy atom. The third kappa shape index (κ3) is 5.23. The van der Waals surface area contributed by atoms with Crippen molar-refractivity contribution in [3.63, 3.8) is 0 Å². The Morgan fingerprint density at radius 2 is 1.70 bits per heavy atom. The van der Waals surface area contributed by atoms with Crippen molar-refractivity contribution in [1.29, 1.82) is 0 Å². The van der Waals surface area contributed by atoms with Crippen molar-refractivity contribution in [1.82, 2.24) is 5.32 Å². The largest absolute Gasteiger partial charge is 0.468 e. The van der Waals surface area contributed by atoms with E-state index in [1.54, 1.807) is 0 Å². The van der Waals surface area contributed by atoms with E-state index >= 15 is 0 Å². The van der Waals surface area contributed by atoms with Crippen molar-refractivity contribution in [2.45, 2.75) is 13.0 Å². The van der Waals surface area contributed by atoms with Gasteiger partial charge in [-0.1, -0.05) is 13.0 Å². The minimum absolute atomic E-state index is 0.102. The lowest BCUT2D eigenvalue weighted by Gasteiger charge is -2.26. The highest BCUT2D eigenvalue weighted by Gasteiger charge is 2.41. The average Bonchev–Trinajstić information content (AvgIpc) is 2.65. The van der Waals surface area contributed by atoms with E-state index in [9.17, 15) is 29.3 Å². The van der Waals surface area contributed by atoms with Crippen LogP contribution < -0.4 is 11.1 Å². The molecule has 0 radical (unpaired) electrons. The zero-order chi connectivity index (χ0) is 20.7. The average molecular weight is 381 g/mol. The number of carbonyl (C=O) groups is 4. The van der Waals surface area contributed by atoms with Crippen LogP contribution in [0.25, 0.3) is 0 Å². The van der Waals surface area contributed by atoms with Crippen LogP contribution in [0.5, 0.6) is 0 Å². The lowest BCUT2D eigenvalue weighted by Crippen LogP contribution is -2.52. The monoisotopic (exact) mass is 381 g/mol. The number of nitro benzene ring substituents is 1. The molecule has 3 N–H and O–H groups in total. The minimum atomic E-state index is -1.51. The number of amides is 2. The standard InChI is InChI=1S/C16H19N3O8/c1-8(11(15(22)26-2)16(23)27-3)12(13(17)20)18-14(21)9-5-4-6-10(7-9)19(24)25/h4-8,11-12H,1-3H3,(H2,17,20)(H,18,21)/t8-,12+/m1/s1. The number of hydrogen-bond donors (Lipinski definition) is 2. The topological polar surface area (TPSA) is 168 Å². The maximum Gasteiger partial charge on any atom is 0.320 e. The molecule has 0 bridgehead atoms. The van der Waals surface area contributed by atoms with Gasteiger partial charge in [0.25, 0.3) is 11.6 Å². The number of ether oxygens (including phenoxy) is 2. The molecule has 11 heteroatoms. The normalized spacial score (nSPS) is 12.6. The van der Waals surface area contributed by atoms with Crippen LogP contribution in [0.1, 0.15) is 17.3 Å². The van der Waals surface area contributed by atoms with E-state index in [1.165, 1.54) is 25.1 Å². The van der Waals surface area contributed by atoms with Gasteiger partial charge in [0, 0.05) is 23.6 Å². The number of methoxy groups -OCH3 is 2. The molecule has 27 heavy (non-hydrogen) atoms. The number of nitrogens with one attached hydrogen (secondary N) is 1. The van der Waals surface area contributed by atoms with Crippen LogP contribution in [0.4, 0.5) is 5.69 Å². The highest BCUT2D eigenvalue weighted by Crippen LogP contribution is 2.20. The first kappa shape index (κ1) is 21.5. The fraction of sp³-hybridized carbons (Fsp3) is 0.375. The van der Waals surface area contributed by atoms with Crippen molar-refractivity contribution < 1.29 is 33.6 Å². The maximum absolute atomic E-state index is 12.4. The second-order valence-electron chi connectivity index (χ2n) is 5.54. The fourth-order valence-corrected chi connectivity index (χ4v) is 2.42. The van der Waals surface area contributed by atoms with Crippen molar-refractivity contribution in [3.8, 4) is 0 Å². The Bertz CT molecular complexity index is 748. The summed E-state index contributed by atoms with van der Waals surface area (Å²) in [6.45, 7) is 1.33. The zero-order valence-corrected chi connectivity index (χ0v) is 14.8. The predicted molar refractivity (Wildman–Crippen MR) is 90.2 cm³/mol. The Kier molecular flexibility index (Phi) is 7.39. The molecule has 2 amide bonds. The zero-order valence-electron chi connectivity index (χ0n) is 14.8. The Morgan fingerprint density at radius 3 is 2.15 bits per heavy atom. The molecule has 0 spiro atoms. The van der Waals surface area contributed by atoms with Crippen LogP contribution in [0, 0.1) is 22.0 Å². The Hall–Kier alpha value is -3.50. The summed E-state index contributed by atoms with van der Waals surface area (Å²) in [5, 5.41) is 13.1. The van der Waals surface area contributed by atoms with Gasteiger partial charge < -0.3 is 20.5 Å². The molecule has 0 fully saturated rings. The molecule has 0 heterocycles. The summed E-state index contributed by atoms with van der Waals surface area (Å²) in [6, 6.07) is 3.34. The number of esters is 2. The smallest absolute Gasteiger partial charge is 0.320 e. The van der Waals surface area contributed by atoms with Gasteiger partial charge in [0.1, 0.15) is 6.04 Å². The number of carbonyl (C=O) groups excluding carboxylic acids is 4. The molecule has 1 aromatic carbocycles. The number of non-ortho nitro benzene ring substituents is 1. The molecule has 0 aliphatic carbocycles. The lowest BCUT2D eigenvalue weighted by molar-refractivity contribution is -0.384. The van der Waals surface area contributed by atoms with Crippen LogP contribution in [-0.2, 0) is 23.9 Å². The van der Waals surface area contributed by atoms with Crippen LogP contribution in [0.15, 0.2) is 24.3 Å². The molecule has 0 aliphatic rings. The number of benzene rings is 1. The molecule has 2 atom stereocenters. The first-order valence-corrected chi connectivity index (χ1v) is 7.64. The number of nitrogens with two attached hydrogens (primary N) is 1. The van der Waals surface area contributed by atoms with Gasteiger partial charge in [-0.2, -0.15) is 0 Å². The van der Waals surface area contributed by atoms with Gasteiger partial charge in [-0.25, -0.2) is 0 Å². The third-order valence-electron chi connectivity index (χ3n) is 3.87. The number of rotatable bonds is 8. The van der Waals surface area contributed by atoms with Crippen molar-refractivity contribution in [3.05, 3.63) is 39.9 Å². The van der Waals surface area contributed by atoms with E-state index in [0.717, 1.165) is 20.3 Å². The molecule has 146 valence electrons. The van der Waals surface area contributed by atoms with Crippen molar-refractivity contribution >= 4 is 29.4 Å². The predicted octanol–water partition coefficient (Wildman–Crippen LogP) is -0.223. The van der Waals surface area contributed by atoms with Crippen LogP contribution in [-0.4, -0.2) is 48.9 Å². The van der Waals surface area contributed by atoms with Gasteiger partial charge in [-0.05, 0) is 6.07 Å². The summed E-state index contributed by atoms with van der Waals surface area (Å²) in [7, 11) is 2.10. The number of nitrogens with zero attached hydrogens (tertiary/aromatic N) is 1. The molecule has 0 saturated carbocycles. The highest BCUT2D eigenvalue weighted by atomic mass is 16.6. The van der Waals surface area contributed by atoms with E-state index in [-0.39, 0.29) is 11.3 Å². The van der Waals surface area contributed by atoms with Crippen molar-refractivity contribution in [2.75, 3.05) is 14.2 Å². The second kappa shape index (κ2) is 9.27. The molecule has 0 aliphatic heterocycles. The van der Waals surface area contributed by atoms with Gasteiger partial charge in [0.05, 0.1) is 19.1 Å². The molecular formula is C16H19N3O8. The van der Waals surface area contributed by atoms with E-state index in [2.05, 4.69) is 14.8 Å². The summed E-state index contributed by atoms with van der Waals surface area (Å²) in [5.41, 5.74) is 4.87. The minimum Gasteiger partial charge on any atom is -0.468 e. The molecule has 0 aromatic heterocycles. The van der Waals surface area contributed by atoms with Gasteiger partial charge in [0.15, 0.2) is 5.92 Å². The number of primary amides is 1. The number of hydrogen-bond acceptors (Lipinski definition) is 8. The summed E-state index contributed by atoms with van der Waals surface area (Å²) >= 11 is 0. The fourth-order valence-electron chi connectivity index (χ4n) is 2.42.